The number of β-amino-alcohol motifs (C(OH)–C–C–N with tert-alkyl or cyclic N) is 1. The Hall–Kier alpha value is -0.500. The number of carbonyl (C=O) groups excluding carboxylic acids is 1. The highest BCUT2D eigenvalue weighted by Crippen LogP contribution is 2.64. The topological polar surface area (TPSA) is 104 Å². The van der Waals surface area contributed by atoms with Crippen LogP contribution in [0.15, 0.2) is 0 Å². The molecule has 1 aliphatic heterocycles. The van der Waals surface area contributed by atoms with Gasteiger partial charge in [0, 0.05) is 13.0 Å². The number of fused-ring (bicyclic) bond motifs is 2. The Morgan fingerprint density at radius 2 is 2.00 bits per heavy atom. The smallest absolute Gasteiger partial charge is 0.265 e. The molecule has 3 fully saturated rings. The van der Waals surface area contributed by atoms with Gasteiger partial charge in [-0.15, -0.1) is 0 Å². The average Bonchev–Trinajstić information content (AvgIpc) is 2.72. The lowest BCUT2D eigenvalue weighted by molar-refractivity contribution is -0.128. The number of ketones is 1. The first kappa shape index (κ1) is 17.8. The molecular weight excluding hydrogens is 306 g/mol. The molecule has 6 nitrogen and oxygen atoms in total. The minimum atomic E-state index is -4.08. The first-order chi connectivity index (χ1) is 10.1. The Morgan fingerprint density at radius 1 is 1.32 bits per heavy atom. The third-order valence-electron chi connectivity index (χ3n) is 5.84. The monoisotopic (exact) mass is 333 g/mol. The number of carbonyl (C=O) groups is 1. The third kappa shape index (κ3) is 3.37. The quantitative estimate of drug-likeness (QED) is 0.651. The molecular formula is C15H27NO5S. The van der Waals surface area contributed by atoms with E-state index in [1.54, 1.807) is 0 Å². The molecule has 0 aromatic rings. The molecule has 3 atom stereocenters. The van der Waals surface area contributed by atoms with Gasteiger partial charge in [0.1, 0.15) is 5.78 Å². The van der Waals surface area contributed by atoms with Crippen LogP contribution in [0.2, 0.25) is 0 Å². The first-order valence-electron chi connectivity index (χ1n) is 7.96. The zero-order chi connectivity index (χ0) is 16.6. The third-order valence-corrected chi connectivity index (χ3v) is 6.70. The summed E-state index contributed by atoms with van der Waals surface area (Å²) in [6, 6.07) is 0. The van der Waals surface area contributed by atoms with E-state index in [2.05, 4.69) is 5.32 Å². The summed E-state index contributed by atoms with van der Waals surface area (Å²) in [5.74, 6) is -0.101. The minimum Gasteiger partial charge on any atom is -0.392 e. The predicted octanol–water partition coefficient (Wildman–Crippen LogP) is 1.00. The molecule has 0 spiro atoms. The van der Waals surface area contributed by atoms with Gasteiger partial charge in [-0.25, -0.2) is 0 Å². The van der Waals surface area contributed by atoms with Crippen molar-refractivity contribution >= 4 is 15.9 Å². The van der Waals surface area contributed by atoms with Crippen LogP contribution in [-0.2, 0) is 14.9 Å². The van der Waals surface area contributed by atoms with Crippen molar-refractivity contribution in [3.63, 3.8) is 0 Å². The Kier molecular flexibility index (Phi) is 5.02. The van der Waals surface area contributed by atoms with Crippen molar-refractivity contribution in [1.29, 1.82) is 0 Å². The molecule has 22 heavy (non-hydrogen) atoms. The number of piperidine rings is 1. The molecule has 2 bridgehead atoms. The zero-order valence-electron chi connectivity index (χ0n) is 13.3. The molecule has 0 aromatic carbocycles. The minimum absolute atomic E-state index is 0.0152. The molecule has 3 rings (SSSR count). The molecule has 1 unspecified atom stereocenters. The number of aliphatic hydroxyl groups excluding tert-OH is 1. The van der Waals surface area contributed by atoms with E-state index in [-0.39, 0.29) is 23.2 Å². The van der Waals surface area contributed by atoms with Crippen molar-refractivity contribution in [2.45, 2.75) is 52.1 Å². The molecule has 0 aromatic heterocycles. The van der Waals surface area contributed by atoms with Gasteiger partial charge in [-0.05, 0) is 43.6 Å². The van der Waals surface area contributed by atoms with Crippen LogP contribution in [0.25, 0.3) is 0 Å². The molecule has 3 N–H and O–H groups in total. The predicted molar refractivity (Wildman–Crippen MR) is 83.1 cm³/mol. The standard InChI is InChI=1S/C10H16O4S.C5H11NO/c1-9(2)7-3-4-10(9,8(11)5-7)6-15(12,13)14;7-5-2-1-3-6-4-5/h7H,3-6H2,1-2H3,(H,12,13,14);5-7H,1-4H2/t7?,10-;5-/m00/s1. The van der Waals surface area contributed by atoms with Crippen molar-refractivity contribution in [3.05, 3.63) is 0 Å². The molecule has 2 saturated carbocycles. The fourth-order valence-corrected chi connectivity index (χ4v) is 5.55. The number of hydrogen-bond acceptors (Lipinski definition) is 5. The molecule has 1 saturated heterocycles. The van der Waals surface area contributed by atoms with Gasteiger partial charge in [0.05, 0.1) is 17.3 Å². The zero-order valence-corrected chi connectivity index (χ0v) is 14.2. The second-order valence-corrected chi connectivity index (χ2v) is 8.85. The summed E-state index contributed by atoms with van der Waals surface area (Å²) in [5, 5.41) is 11.9. The molecule has 0 radical (unpaired) electrons. The van der Waals surface area contributed by atoms with E-state index >= 15 is 0 Å². The van der Waals surface area contributed by atoms with E-state index in [1.165, 1.54) is 0 Å². The molecule has 1 heterocycles. The van der Waals surface area contributed by atoms with Crippen molar-refractivity contribution in [2.75, 3.05) is 18.8 Å². The van der Waals surface area contributed by atoms with Crippen LogP contribution in [0.5, 0.6) is 0 Å². The van der Waals surface area contributed by atoms with Crippen LogP contribution < -0.4 is 5.32 Å². The lowest BCUT2D eigenvalue weighted by atomic mass is 9.70. The normalized spacial score (nSPS) is 36.8. The van der Waals surface area contributed by atoms with Crippen LogP contribution in [0, 0.1) is 16.7 Å². The highest BCUT2D eigenvalue weighted by Gasteiger charge is 2.65. The maximum atomic E-state index is 11.9. The number of aliphatic hydroxyl groups is 1. The van der Waals surface area contributed by atoms with Crippen LogP contribution in [0.3, 0.4) is 0 Å². The average molecular weight is 333 g/mol. The van der Waals surface area contributed by atoms with Gasteiger partial charge in [0.15, 0.2) is 0 Å². The first-order valence-corrected chi connectivity index (χ1v) is 9.57. The van der Waals surface area contributed by atoms with Crippen molar-refractivity contribution in [3.8, 4) is 0 Å². The summed E-state index contributed by atoms with van der Waals surface area (Å²) in [6.07, 6.45) is 4.00. The second-order valence-electron chi connectivity index (χ2n) is 7.39. The van der Waals surface area contributed by atoms with Gasteiger partial charge in [-0.3, -0.25) is 9.35 Å². The SMILES string of the molecule is CC1(C)C2CC[C@]1(CS(=O)(=O)O)C(=O)C2.O[C@H]1CCCNC1. The van der Waals surface area contributed by atoms with Crippen LogP contribution in [0.4, 0.5) is 0 Å². The summed E-state index contributed by atoms with van der Waals surface area (Å²) in [7, 11) is -4.08. The van der Waals surface area contributed by atoms with Crippen LogP contribution in [0.1, 0.15) is 46.0 Å². The summed E-state index contributed by atoms with van der Waals surface area (Å²) in [6.45, 7) is 5.76. The summed E-state index contributed by atoms with van der Waals surface area (Å²) >= 11 is 0. The van der Waals surface area contributed by atoms with E-state index in [0.717, 1.165) is 32.4 Å². The maximum absolute atomic E-state index is 11.9. The Labute approximate surface area is 132 Å². The lowest BCUT2D eigenvalue weighted by Crippen LogP contribution is -2.42. The number of hydrogen-bond donors (Lipinski definition) is 3. The highest BCUT2D eigenvalue weighted by atomic mass is 32.2. The Balaban J connectivity index is 0.000000211. The maximum Gasteiger partial charge on any atom is 0.265 e. The van der Waals surface area contributed by atoms with Gasteiger partial charge in [0.2, 0.25) is 0 Å². The van der Waals surface area contributed by atoms with Crippen LogP contribution in [-0.4, -0.2) is 48.8 Å². The summed E-state index contributed by atoms with van der Waals surface area (Å²) < 4.78 is 31.0. The fraction of sp³-hybridized carbons (Fsp3) is 0.933. The molecule has 0 amide bonds. The largest absolute Gasteiger partial charge is 0.392 e. The second kappa shape index (κ2) is 6.19. The molecule has 128 valence electrons. The van der Waals surface area contributed by atoms with Gasteiger partial charge < -0.3 is 10.4 Å². The van der Waals surface area contributed by atoms with E-state index in [1.807, 2.05) is 13.8 Å². The molecule has 3 aliphatic rings. The molecule has 2 aliphatic carbocycles. The molecule has 7 heteroatoms. The Morgan fingerprint density at radius 3 is 2.32 bits per heavy atom. The van der Waals surface area contributed by atoms with Gasteiger partial charge in [0.25, 0.3) is 10.1 Å². The van der Waals surface area contributed by atoms with Crippen molar-refractivity contribution < 1.29 is 22.9 Å². The van der Waals surface area contributed by atoms with E-state index in [9.17, 15) is 13.2 Å². The fourth-order valence-electron chi connectivity index (χ4n) is 4.25. The summed E-state index contributed by atoms with van der Waals surface area (Å²) in [5.41, 5.74) is -1.12. The van der Waals surface area contributed by atoms with Gasteiger partial charge in [-0.1, -0.05) is 13.8 Å². The van der Waals surface area contributed by atoms with Crippen molar-refractivity contribution in [1.82, 2.24) is 5.32 Å². The Bertz CT molecular complexity index is 524. The van der Waals surface area contributed by atoms with E-state index < -0.39 is 21.3 Å². The number of Topliss-reactive ketones (excluding diaryl/α,β-unsaturated/α-hetero) is 1. The van der Waals surface area contributed by atoms with Crippen LogP contribution >= 0.6 is 0 Å². The van der Waals surface area contributed by atoms with E-state index in [0.29, 0.717) is 12.8 Å². The highest BCUT2D eigenvalue weighted by molar-refractivity contribution is 7.85. The van der Waals surface area contributed by atoms with Gasteiger partial charge in [-0.2, -0.15) is 8.42 Å². The van der Waals surface area contributed by atoms with Gasteiger partial charge >= 0.3 is 0 Å². The lowest BCUT2D eigenvalue weighted by Gasteiger charge is -2.35. The van der Waals surface area contributed by atoms with E-state index in [4.69, 9.17) is 9.66 Å². The summed E-state index contributed by atoms with van der Waals surface area (Å²) in [4.78, 5) is 11.9. The van der Waals surface area contributed by atoms with Crippen molar-refractivity contribution in [2.24, 2.45) is 16.7 Å². The number of nitrogens with one attached hydrogen (secondary N) is 1. The number of rotatable bonds is 2.